The molecule has 1 unspecified atom stereocenters. The molecule has 0 amide bonds. The van der Waals surface area contributed by atoms with Crippen molar-refractivity contribution in [2.45, 2.75) is 174 Å². The van der Waals surface area contributed by atoms with Crippen LogP contribution in [0.4, 0.5) is 0 Å². The first-order valence-electron chi connectivity index (χ1n) is 20.0. The van der Waals surface area contributed by atoms with Gasteiger partial charge < -0.3 is 19.7 Å². The van der Waals surface area contributed by atoms with Crippen molar-refractivity contribution in [1.82, 2.24) is 0 Å². The molecule has 0 bridgehead atoms. The molecule has 0 radical (unpaired) electrons. The SMILES string of the molecule is CC/C=C\C/C=C\C/C=C\C/C=C\C/C=C\C=C/C(O)CCC(=O)OC[C@H](CO)OC(=O)CCCCCCCCCCCCCCCC(C)C. The second-order valence-corrected chi connectivity index (χ2v) is 13.7. The maximum atomic E-state index is 12.2. The van der Waals surface area contributed by atoms with Crippen LogP contribution in [0.2, 0.25) is 0 Å². The molecule has 0 aromatic heterocycles. The van der Waals surface area contributed by atoms with Gasteiger partial charge in [-0.2, -0.15) is 0 Å². The van der Waals surface area contributed by atoms with E-state index < -0.39 is 24.8 Å². The third-order valence-electron chi connectivity index (χ3n) is 8.31. The minimum Gasteiger partial charge on any atom is -0.462 e. The van der Waals surface area contributed by atoms with Gasteiger partial charge in [-0.3, -0.25) is 9.59 Å². The molecular weight excluding hydrogens is 624 g/mol. The Labute approximate surface area is 306 Å². The second kappa shape index (κ2) is 37.6. The highest BCUT2D eigenvalue weighted by atomic mass is 16.6. The number of carbonyl (C=O) groups excluding carboxylic acids is 2. The quantitative estimate of drug-likeness (QED) is 0.0301. The summed E-state index contributed by atoms with van der Waals surface area (Å²) in [5, 5.41) is 19.7. The topological polar surface area (TPSA) is 93.1 Å². The maximum absolute atomic E-state index is 12.2. The molecule has 6 heteroatoms. The number of hydrogen-bond donors (Lipinski definition) is 2. The van der Waals surface area contributed by atoms with Crippen molar-refractivity contribution in [3.63, 3.8) is 0 Å². The molecule has 0 fully saturated rings. The molecule has 0 rings (SSSR count). The van der Waals surface area contributed by atoms with Crippen LogP contribution >= 0.6 is 0 Å². The molecular formula is C44H74O6. The fourth-order valence-corrected chi connectivity index (χ4v) is 5.26. The predicted molar refractivity (Wildman–Crippen MR) is 211 cm³/mol. The first-order chi connectivity index (χ1) is 24.4. The van der Waals surface area contributed by atoms with Crippen LogP contribution in [-0.4, -0.2) is 47.6 Å². The summed E-state index contributed by atoms with van der Waals surface area (Å²) in [5.41, 5.74) is 0. The van der Waals surface area contributed by atoms with Crippen molar-refractivity contribution < 1.29 is 29.3 Å². The molecule has 2 N–H and O–H groups in total. The Balaban J connectivity index is 3.80. The Morgan fingerprint density at radius 3 is 1.56 bits per heavy atom. The predicted octanol–water partition coefficient (Wildman–Crippen LogP) is 11.4. The fourth-order valence-electron chi connectivity index (χ4n) is 5.26. The smallest absolute Gasteiger partial charge is 0.306 e. The largest absolute Gasteiger partial charge is 0.462 e. The van der Waals surface area contributed by atoms with Gasteiger partial charge in [0.15, 0.2) is 6.10 Å². The molecule has 0 aromatic carbocycles. The summed E-state index contributed by atoms with van der Waals surface area (Å²) in [6.07, 6.45) is 45.8. The van der Waals surface area contributed by atoms with Gasteiger partial charge in [0.1, 0.15) is 6.61 Å². The van der Waals surface area contributed by atoms with E-state index in [1.165, 1.54) is 70.6 Å². The summed E-state index contributed by atoms with van der Waals surface area (Å²) in [7, 11) is 0. The van der Waals surface area contributed by atoms with E-state index >= 15 is 0 Å². The number of carbonyl (C=O) groups is 2. The van der Waals surface area contributed by atoms with Crippen LogP contribution in [0.15, 0.2) is 72.9 Å². The molecule has 0 saturated heterocycles. The van der Waals surface area contributed by atoms with E-state index in [1.807, 2.05) is 12.2 Å². The zero-order valence-corrected chi connectivity index (χ0v) is 32.2. The summed E-state index contributed by atoms with van der Waals surface area (Å²) in [6, 6.07) is 0. The minimum absolute atomic E-state index is 0.0296. The molecule has 0 heterocycles. The van der Waals surface area contributed by atoms with Gasteiger partial charge in [-0.15, -0.1) is 0 Å². The number of aliphatic hydroxyl groups is 2. The van der Waals surface area contributed by atoms with Crippen molar-refractivity contribution in [3.05, 3.63) is 72.9 Å². The van der Waals surface area contributed by atoms with E-state index in [-0.39, 0.29) is 25.4 Å². The molecule has 0 aliphatic heterocycles. The molecule has 0 aromatic rings. The van der Waals surface area contributed by atoms with Crippen molar-refractivity contribution in [3.8, 4) is 0 Å². The van der Waals surface area contributed by atoms with E-state index in [4.69, 9.17) is 9.47 Å². The lowest BCUT2D eigenvalue weighted by atomic mass is 10.0. The molecule has 50 heavy (non-hydrogen) atoms. The summed E-state index contributed by atoms with van der Waals surface area (Å²) < 4.78 is 10.5. The molecule has 0 spiro atoms. The van der Waals surface area contributed by atoms with Crippen LogP contribution in [0.25, 0.3) is 0 Å². The van der Waals surface area contributed by atoms with Crippen LogP contribution in [-0.2, 0) is 19.1 Å². The number of esters is 2. The van der Waals surface area contributed by atoms with E-state index in [0.29, 0.717) is 6.42 Å². The summed E-state index contributed by atoms with van der Waals surface area (Å²) >= 11 is 0. The Morgan fingerprint density at radius 1 is 0.580 bits per heavy atom. The molecule has 0 aliphatic rings. The summed E-state index contributed by atoms with van der Waals surface area (Å²) in [5.74, 6) is -0.0428. The molecule has 0 saturated carbocycles. The van der Waals surface area contributed by atoms with Crippen LogP contribution in [0, 0.1) is 5.92 Å². The average molecular weight is 699 g/mol. The van der Waals surface area contributed by atoms with Gasteiger partial charge >= 0.3 is 11.9 Å². The van der Waals surface area contributed by atoms with Gasteiger partial charge in [0, 0.05) is 12.8 Å². The van der Waals surface area contributed by atoms with E-state index in [1.54, 1.807) is 12.2 Å². The van der Waals surface area contributed by atoms with Gasteiger partial charge in [-0.05, 0) is 50.9 Å². The van der Waals surface area contributed by atoms with E-state index in [2.05, 4.69) is 69.4 Å². The number of allylic oxidation sites excluding steroid dienone is 11. The van der Waals surface area contributed by atoms with Gasteiger partial charge in [0.25, 0.3) is 0 Å². The Morgan fingerprint density at radius 2 is 1.06 bits per heavy atom. The lowest BCUT2D eigenvalue weighted by Crippen LogP contribution is -2.28. The first-order valence-corrected chi connectivity index (χ1v) is 20.0. The maximum Gasteiger partial charge on any atom is 0.306 e. The van der Waals surface area contributed by atoms with Gasteiger partial charge in [-0.25, -0.2) is 0 Å². The molecule has 2 atom stereocenters. The van der Waals surface area contributed by atoms with Crippen molar-refractivity contribution in [2.75, 3.05) is 13.2 Å². The molecule has 6 nitrogen and oxygen atoms in total. The Hall–Kier alpha value is -2.70. The average Bonchev–Trinajstić information content (AvgIpc) is 3.10. The first kappa shape index (κ1) is 47.3. The number of rotatable bonds is 34. The zero-order valence-electron chi connectivity index (χ0n) is 32.2. The standard InChI is InChI=1S/C44H74O6/c1-4-5-6-7-8-9-10-11-12-13-16-19-22-25-28-31-34-41(46)36-37-43(47)49-39-42(38-45)50-44(48)35-32-29-26-23-20-17-14-15-18-21-24-27-30-33-40(2)3/h5-6,8-9,11-12,16,19,25,28,31,34,40-42,45-46H,4,7,10,13-15,17-18,20-24,26-27,29-30,32-33,35-39H2,1-3H3/b6-5-,9-8-,12-11-,19-16-,28-25-,34-31-/t41?,42-/m0/s1. The van der Waals surface area contributed by atoms with Crippen LogP contribution in [0.3, 0.4) is 0 Å². The Kier molecular flexibility index (Phi) is 35.5. The summed E-state index contributed by atoms with van der Waals surface area (Å²) in [4.78, 5) is 24.3. The monoisotopic (exact) mass is 699 g/mol. The van der Waals surface area contributed by atoms with Gasteiger partial charge in [0.05, 0.1) is 12.7 Å². The lowest BCUT2D eigenvalue weighted by molar-refractivity contribution is -0.161. The van der Waals surface area contributed by atoms with Crippen molar-refractivity contribution >= 4 is 11.9 Å². The number of unbranched alkanes of at least 4 members (excludes halogenated alkanes) is 12. The van der Waals surface area contributed by atoms with Crippen molar-refractivity contribution in [2.24, 2.45) is 5.92 Å². The fraction of sp³-hybridized carbons (Fsp3) is 0.682. The van der Waals surface area contributed by atoms with Gasteiger partial charge in [0.2, 0.25) is 0 Å². The minimum atomic E-state index is -0.869. The number of ether oxygens (including phenoxy) is 2. The normalized spacial score (nSPS) is 13.7. The molecule has 286 valence electrons. The van der Waals surface area contributed by atoms with E-state index in [0.717, 1.165) is 57.3 Å². The zero-order chi connectivity index (χ0) is 36.8. The van der Waals surface area contributed by atoms with Crippen LogP contribution in [0.1, 0.15) is 162 Å². The third kappa shape index (κ3) is 36.6. The highest BCUT2D eigenvalue weighted by molar-refractivity contribution is 5.70. The van der Waals surface area contributed by atoms with Crippen LogP contribution < -0.4 is 0 Å². The molecule has 0 aliphatic carbocycles. The highest BCUT2D eigenvalue weighted by Crippen LogP contribution is 2.15. The highest BCUT2D eigenvalue weighted by Gasteiger charge is 2.16. The van der Waals surface area contributed by atoms with Gasteiger partial charge in [-0.1, -0.05) is 177 Å². The van der Waals surface area contributed by atoms with Crippen LogP contribution in [0.5, 0.6) is 0 Å². The summed E-state index contributed by atoms with van der Waals surface area (Å²) in [6.45, 7) is 6.15. The van der Waals surface area contributed by atoms with Crippen molar-refractivity contribution in [1.29, 1.82) is 0 Å². The second-order valence-electron chi connectivity index (χ2n) is 13.7. The number of hydrogen-bond acceptors (Lipinski definition) is 6. The van der Waals surface area contributed by atoms with E-state index in [9.17, 15) is 19.8 Å². The Bertz CT molecular complexity index is 958. The number of aliphatic hydroxyl groups excluding tert-OH is 2. The third-order valence-corrected chi connectivity index (χ3v) is 8.31. The lowest BCUT2D eigenvalue weighted by Gasteiger charge is -2.16.